The van der Waals surface area contributed by atoms with Gasteiger partial charge in [0.05, 0.1) is 24.8 Å². The molecule has 1 heterocycles. The van der Waals surface area contributed by atoms with E-state index in [0.29, 0.717) is 16.3 Å². The second-order valence-corrected chi connectivity index (χ2v) is 4.29. The third kappa shape index (κ3) is 3.89. The van der Waals surface area contributed by atoms with Gasteiger partial charge in [-0.15, -0.1) is 0 Å². The van der Waals surface area contributed by atoms with E-state index in [4.69, 9.17) is 11.6 Å². The van der Waals surface area contributed by atoms with Crippen LogP contribution in [0, 0.1) is 0 Å². The van der Waals surface area contributed by atoms with E-state index >= 15 is 0 Å². The van der Waals surface area contributed by atoms with E-state index in [1.54, 1.807) is 18.2 Å². The van der Waals surface area contributed by atoms with E-state index in [1.807, 2.05) is 6.07 Å². The first-order chi connectivity index (χ1) is 9.15. The summed E-state index contributed by atoms with van der Waals surface area (Å²) in [5.41, 5.74) is 5.83. The number of hydrogen-bond donors (Lipinski definition) is 2. The van der Waals surface area contributed by atoms with E-state index in [1.165, 1.54) is 6.21 Å². The Balaban J connectivity index is 1.84. The number of carbonyl (C=O) groups is 2. The highest BCUT2D eigenvalue weighted by Crippen LogP contribution is 2.12. The van der Waals surface area contributed by atoms with Gasteiger partial charge in [0.1, 0.15) is 0 Å². The number of rotatable bonds is 4. The van der Waals surface area contributed by atoms with Gasteiger partial charge in [-0.25, -0.2) is 10.9 Å². The Labute approximate surface area is 114 Å². The molecular formula is C12H11ClN4O2. The molecule has 1 aromatic carbocycles. The Morgan fingerprint density at radius 2 is 2.32 bits per heavy atom. The molecule has 0 spiro atoms. The fourth-order valence-electron chi connectivity index (χ4n) is 1.49. The largest absolute Gasteiger partial charge is 0.273 e. The quantitative estimate of drug-likeness (QED) is 0.637. The van der Waals surface area contributed by atoms with Crippen molar-refractivity contribution in [3.63, 3.8) is 0 Å². The highest BCUT2D eigenvalue weighted by molar-refractivity contribution is 6.33. The van der Waals surface area contributed by atoms with Crippen molar-refractivity contribution < 1.29 is 9.59 Å². The van der Waals surface area contributed by atoms with Crippen molar-refractivity contribution in [3.05, 3.63) is 34.9 Å². The molecule has 0 radical (unpaired) electrons. The monoisotopic (exact) mass is 278 g/mol. The molecule has 0 saturated heterocycles. The van der Waals surface area contributed by atoms with Crippen LogP contribution in [0.4, 0.5) is 0 Å². The minimum Gasteiger partial charge on any atom is -0.273 e. The van der Waals surface area contributed by atoms with Crippen LogP contribution in [-0.4, -0.2) is 23.7 Å². The molecule has 7 heteroatoms. The molecule has 2 N–H and O–H groups in total. The van der Waals surface area contributed by atoms with E-state index in [-0.39, 0.29) is 24.7 Å². The molecule has 0 aromatic heterocycles. The predicted molar refractivity (Wildman–Crippen MR) is 72.0 cm³/mol. The van der Waals surface area contributed by atoms with Gasteiger partial charge in [0, 0.05) is 10.6 Å². The summed E-state index contributed by atoms with van der Waals surface area (Å²) in [6.07, 6.45) is 1.65. The summed E-state index contributed by atoms with van der Waals surface area (Å²) in [7, 11) is 0. The number of hydrazone groups is 2. The number of hydrogen-bond acceptors (Lipinski definition) is 4. The molecule has 0 fully saturated rings. The maximum Gasteiger partial charge on any atom is 0.245 e. The van der Waals surface area contributed by atoms with Gasteiger partial charge in [-0.2, -0.15) is 10.2 Å². The molecule has 0 saturated carbocycles. The van der Waals surface area contributed by atoms with Crippen LogP contribution in [0.2, 0.25) is 5.02 Å². The molecule has 0 aliphatic carbocycles. The molecule has 2 amide bonds. The Kier molecular flexibility index (Phi) is 4.25. The van der Waals surface area contributed by atoms with Crippen molar-refractivity contribution in [1.29, 1.82) is 0 Å². The molecule has 0 bridgehead atoms. The number of nitrogens with one attached hydrogen (secondary N) is 2. The minimum atomic E-state index is -0.335. The first-order valence-electron chi connectivity index (χ1n) is 5.56. The lowest BCUT2D eigenvalue weighted by Gasteiger charge is -1.99. The van der Waals surface area contributed by atoms with Gasteiger partial charge in [-0.05, 0) is 6.07 Å². The molecule has 2 rings (SSSR count). The number of carbonyl (C=O) groups excluding carboxylic acids is 2. The van der Waals surface area contributed by atoms with Crippen LogP contribution in [0.25, 0.3) is 0 Å². The minimum absolute atomic E-state index is 0.0403. The van der Waals surface area contributed by atoms with Gasteiger partial charge in [0.15, 0.2) is 0 Å². The average Bonchev–Trinajstić information content (AvgIpc) is 2.77. The standard InChI is InChI=1S/C12H11ClN4O2/c13-10-4-2-1-3-8(10)7-14-16-11(18)5-9-6-12(19)17-15-9/h1-4,7H,5-6H2,(H,16,18)(H,17,19). The number of nitrogens with zero attached hydrogens (tertiary/aromatic N) is 2. The van der Waals surface area contributed by atoms with Crippen LogP contribution in [0.1, 0.15) is 18.4 Å². The predicted octanol–water partition coefficient (Wildman–Crippen LogP) is 1.06. The van der Waals surface area contributed by atoms with E-state index in [0.717, 1.165) is 0 Å². The van der Waals surface area contributed by atoms with Crippen LogP contribution in [0.3, 0.4) is 0 Å². The van der Waals surface area contributed by atoms with Gasteiger partial charge in [0.25, 0.3) is 0 Å². The molecule has 0 atom stereocenters. The smallest absolute Gasteiger partial charge is 0.245 e. The maximum atomic E-state index is 11.5. The molecule has 1 aliphatic heterocycles. The van der Waals surface area contributed by atoms with Crippen molar-refractivity contribution in [1.82, 2.24) is 10.9 Å². The van der Waals surface area contributed by atoms with Gasteiger partial charge in [0.2, 0.25) is 11.8 Å². The van der Waals surface area contributed by atoms with Crippen molar-refractivity contribution in [2.45, 2.75) is 12.8 Å². The lowest BCUT2D eigenvalue weighted by atomic mass is 10.2. The molecule has 98 valence electrons. The fourth-order valence-corrected chi connectivity index (χ4v) is 1.67. The van der Waals surface area contributed by atoms with Crippen molar-refractivity contribution >= 4 is 35.3 Å². The summed E-state index contributed by atoms with van der Waals surface area (Å²) >= 11 is 5.92. The topological polar surface area (TPSA) is 82.9 Å². The van der Waals surface area contributed by atoms with Crippen LogP contribution in [-0.2, 0) is 9.59 Å². The van der Waals surface area contributed by atoms with Gasteiger partial charge in [-0.1, -0.05) is 29.8 Å². The Bertz CT molecular complexity index is 569. The summed E-state index contributed by atoms with van der Waals surface area (Å²) in [5, 5.41) is 8.07. The molecule has 19 heavy (non-hydrogen) atoms. The summed E-state index contributed by atoms with van der Waals surface area (Å²) < 4.78 is 0. The summed E-state index contributed by atoms with van der Waals surface area (Å²) in [4.78, 5) is 22.4. The van der Waals surface area contributed by atoms with Crippen LogP contribution >= 0.6 is 11.6 Å². The SMILES string of the molecule is O=C(CC1=NNC(=O)C1)NN=Cc1ccccc1Cl. The second-order valence-electron chi connectivity index (χ2n) is 3.88. The van der Waals surface area contributed by atoms with E-state index in [9.17, 15) is 9.59 Å². The zero-order valence-corrected chi connectivity index (χ0v) is 10.6. The third-order valence-electron chi connectivity index (χ3n) is 2.37. The van der Waals surface area contributed by atoms with Crippen LogP contribution in [0.15, 0.2) is 34.5 Å². The third-order valence-corrected chi connectivity index (χ3v) is 2.71. The molecule has 0 unspecified atom stereocenters. The normalized spacial score (nSPS) is 14.4. The summed E-state index contributed by atoms with van der Waals surface area (Å²) in [6.45, 7) is 0. The Morgan fingerprint density at radius 1 is 1.53 bits per heavy atom. The first kappa shape index (κ1) is 13.2. The van der Waals surface area contributed by atoms with Crippen molar-refractivity contribution in [2.75, 3.05) is 0 Å². The van der Waals surface area contributed by atoms with Gasteiger partial charge in [-0.3, -0.25) is 9.59 Å². The molecule has 6 nitrogen and oxygen atoms in total. The van der Waals surface area contributed by atoms with Crippen molar-refractivity contribution in [3.8, 4) is 0 Å². The highest BCUT2D eigenvalue weighted by atomic mass is 35.5. The fraction of sp³-hybridized carbons (Fsp3) is 0.167. The molecule has 1 aliphatic rings. The number of amides is 2. The second kappa shape index (κ2) is 6.10. The summed E-state index contributed by atoms with van der Waals surface area (Å²) in [6, 6.07) is 7.14. The van der Waals surface area contributed by atoms with Crippen molar-refractivity contribution in [2.24, 2.45) is 10.2 Å². The molecule has 1 aromatic rings. The lowest BCUT2D eigenvalue weighted by Crippen LogP contribution is -2.20. The van der Waals surface area contributed by atoms with Gasteiger partial charge >= 0.3 is 0 Å². The Morgan fingerprint density at radius 3 is 3.00 bits per heavy atom. The zero-order chi connectivity index (χ0) is 13.7. The average molecular weight is 279 g/mol. The van der Waals surface area contributed by atoms with Gasteiger partial charge < -0.3 is 0 Å². The maximum absolute atomic E-state index is 11.5. The van der Waals surface area contributed by atoms with E-state index in [2.05, 4.69) is 21.1 Å². The highest BCUT2D eigenvalue weighted by Gasteiger charge is 2.16. The van der Waals surface area contributed by atoms with Crippen LogP contribution < -0.4 is 10.9 Å². The zero-order valence-electron chi connectivity index (χ0n) is 9.89. The molecular weight excluding hydrogens is 268 g/mol. The number of benzene rings is 1. The lowest BCUT2D eigenvalue weighted by molar-refractivity contribution is -0.119. The first-order valence-corrected chi connectivity index (χ1v) is 5.93. The Hall–Kier alpha value is -2.21. The summed E-state index contributed by atoms with van der Waals surface area (Å²) in [5.74, 6) is -0.541. The van der Waals surface area contributed by atoms with E-state index < -0.39 is 0 Å². The number of halogens is 1. The van der Waals surface area contributed by atoms with Crippen LogP contribution in [0.5, 0.6) is 0 Å².